The largest absolute Gasteiger partial charge is 0.497 e. The van der Waals surface area contributed by atoms with Gasteiger partial charge in [-0.2, -0.15) is 0 Å². The second kappa shape index (κ2) is 5.40. The molecule has 4 nitrogen and oxygen atoms in total. The molecule has 1 unspecified atom stereocenters. The maximum absolute atomic E-state index is 11.9. The number of fused-ring (bicyclic) bond motifs is 1. The Labute approximate surface area is 108 Å². The number of ether oxygens (including phenoxy) is 1. The van der Waals surface area contributed by atoms with Crippen molar-refractivity contribution in [3.63, 3.8) is 0 Å². The number of hydrogen-bond donors (Lipinski definition) is 2. The fourth-order valence-electron chi connectivity index (χ4n) is 2.09. The molecule has 18 heavy (non-hydrogen) atoms. The van der Waals surface area contributed by atoms with Gasteiger partial charge in [-0.05, 0) is 24.9 Å². The quantitative estimate of drug-likeness (QED) is 0.840. The van der Waals surface area contributed by atoms with Crippen molar-refractivity contribution in [3.8, 4) is 5.75 Å². The average Bonchev–Trinajstić information content (AvgIpc) is 2.64. The van der Waals surface area contributed by atoms with Gasteiger partial charge in [0.15, 0.2) is 0 Å². The van der Waals surface area contributed by atoms with E-state index in [1.54, 1.807) is 7.11 Å². The van der Waals surface area contributed by atoms with Crippen molar-refractivity contribution in [2.75, 3.05) is 19.0 Å². The SMILES string of the molecule is COc1ccc2c(c1)NC(=O)C2NCCC(C)C. The van der Waals surface area contributed by atoms with Crippen LogP contribution in [0.1, 0.15) is 31.9 Å². The Hall–Kier alpha value is -1.55. The van der Waals surface area contributed by atoms with E-state index in [1.165, 1.54) is 0 Å². The molecule has 4 heteroatoms. The second-order valence-corrected chi connectivity index (χ2v) is 5.01. The molecule has 1 heterocycles. The maximum Gasteiger partial charge on any atom is 0.246 e. The predicted octanol–water partition coefficient (Wildman–Crippen LogP) is 2.32. The van der Waals surface area contributed by atoms with Crippen LogP contribution in [0.5, 0.6) is 5.75 Å². The van der Waals surface area contributed by atoms with Crippen molar-refractivity contribution < 1.29 is 9.53 Å². The first-order valence-electron chi connectivity index (χ1n) is 6.34. The molecule has 0 radical (unpaired) electrons. The van der Waals surface area contributed by atoms with Gasteiger partial charge in [0.05, 0.1) is 7.11 Å². The highest BCUT2D eigenvalue weighted by atomic mass is 16.5. The summed E-state index contributed by atoms with van der Waals surface area (Å²) < 4.78 is 5.15. The van der Waals surface area contributed by atoms with E-state index in [4.69, 9.17) is 4.74 Å². The minimum Gasteiger partial charge on any atom is -0.497 e. The molecule has 1 aromatic carbocycles. The standard InChI is InChI=1S/C14H20N2O2/c1-9(2)6-7-15-13-11-5-4-10(18-3)8-12(11)16-14(13)17/h4-5,8-9,13,15H,6-7H2,1-3H3,(H,16,17). The van der Waals surface area contributed by atoms with E-state index in [9.17, 15) is 4.79 Å². The van der Waals surface area contributed by atoms with Crippen LogP contribution < -0.4 is 15.4 Å². The van der Waals surface area contributed by atoms with Crippen LogP contribution in [-0.4, -0.2) is 19.6 Å². The lowest BCUT2D eigenvalue weighted by Gasteiger charge is -2.12. The van der Waals surface area contributed by atoms with Gasteiger partial charge in [-0.3, -0.25) is 4.79 Å². The predicted molar refractivity (Wildman–Crippen MR) is 71.8 cm³/mol. The highest BCUT2D eigenvalue weighted by Gasteiger charge is 2.30. The zero-order valence-electron chi connectivity index (χ0n) is 11.1. The second-order valence-electron chi connectivity index (χ2n) is 5.01. The van der Waals surface area contributed by atoms with Crippen LogP contribution in [-0.2, 0) is 4.79 Å². The van der Waals surface area contributed by atoms with Gasteiger partial charge in [0.2, 0.25) is 5.91 Å². The number of amides is 1. The molecular formula is C14H20N2O2. The number of benzene rings is 1. The smallest absolute Gasteiger partial charge is 0.246 e. The molecule has 0 spiro atoms. The lowest BCUT2D eigenvalue weighted by molar-refractivity contribution is -0.117. The number of carbonyl (C=O) groups excluding carboxylic acids is 1. The Kier molecular flexibility index (Phi) is 3.87. The Morgan fingerprint density at radius 1 is 1.44 bits per heavy atom. The molecule has 0 aliphatic carbocycles. The highest BCUT2D eigenvalue weighted by molar-refractivity contribution is 6.02. The maximum atomic E-state index is 11.9. The molecular weight excluding hydrogens is 228 g/mol. The molecule has 0 aromatic heterocycles. The summed E-state index contributed by atoms with van der Waals surface area (Å²) in [6.45, 7) is 5.20. The van der Waals surface area contributed by atoms with Crippen LogP contribution >= 0.6 is 0 Å². The molecule has 0 saturated heterocycles. The van der Waals surface area contributed by atoms with Crippen LogP contribution in [0.4, 0.5) is 5.69 Å². The normalized spacial score (nSPS) is 17.8. The number of rotatable bonds is 5. The van der Waals surface area contributed by atoms with Gasteiger partial charge in [-0.25, -0.2) is 0 Å². The molecule has 0 bridgehead atoms. The van der Waals surface area contributed by atoms with Gasteiger partial charge in [0.1, 0.15) is 11.8 Å². The zero-order chi connectivity index (χ0) is 13.1. The molecule has 2 N–H and O–H groups in total. The van der Waals surface area contributed by atoms with Gasteiger partial charge in [-0.1, -0.05) is 19.9 Å². The molecule has 2 rings (SSSR count). The first kappa shape index (κ1) is 12.9. The van der Waals surface area contributed by atoms with Crippen molar-refractivity contribution >= 4 is 11.6 Å². The summed E-state index contributed by atoms with van der Waals surface area (Å²) >= 11 is 0. The number of hydrogen-bond acceptors (Lipinski definition) is 3. The van der Waals surface area contributed by atoms with Gasteiger partial charge >= 0.3 is 0 Å². The summed E-state index contributed by atoms with van der Waals surface area (Å²) in [6.07, 6.45) is 1.06. The van der Waals surface area contributed by atoms with Crippen LogP contribution in [0.25, 0.3) is 0 Å². The fourth-order valence-corrected chi connectivity index (χ4v) is 2.09. The van der Waals surface area contributed by atoms with Gasteiger partial charge in [0.25, 0.3) is 0 Å². The molecule has 1 aliphatic heterocycles. The Morgan fingerprint density at radius 3 is 2.89 bits per heavy atom. The van der Waals surface area contributed by atoms with Crippen molar-refractivity contribution in [3.05, 3.63) is 23.8 Å². The Bertz CT molecular complexity index is 443. The number of methoxy groups -OCH3 is 1. The third-order valence-corrected chi connectivity index (χ3v) is 3.16. The Morgan fingerprint density at radius 2 is 2.22 bits per heavy atom. The lowest BCUT2D eigenvalue weighted by Crippen LogP contribution is -2.28. The minimum absolute atomic E-state index is 0.0157. The van der Waals surface area contributed by atoms with Crippen LogP contribution in [0, 0.1) is 5.92 Å². The van der Waals surface area contributed by atoms with E-state index in [0.717, 1.165) is 30.0 Å². The van der Waals surface area contributed by atoms with E-state index in [-0.39, 0.29) is 11.9 Å². The minimum atomic E-state index is -0.232. The molecule has 1 aromatic rings. The van der Waals surface area contributed by atoms with Crippen molar-refractivity contribution in [2.45, 2.75) is 26.3 Å². The number of anilines is 1. The van der Waals surface area contributed by atoms with Crippen LogP contribution in [0.2, 0.25) is 0 Å². The molecule has 1 amide bonds. The average molecular weight is 248 g/mol. The van der Waals surface area contributed by atoms with Gasteiger partial charge in [0, 0.05) is 17.3 Å². The van der Waals surface area contributed by atoms with Crippen molar-refractivity contribution in [1.82, 2.24) is 5.32 Å². The van der Waals surface area contributed by atoms with Crippen molar-refractivity contribution in [1.29, 1.82) is 0 Å². The van der Waals surface area contributed by atoms with E-state index in [1.807, 2.05) is 18.2 Å². The summed E-state index contributed by atoms with van der Waals surface area (Å²) in [5, 5.41) is 6.18. The Balaban J connectivity index is 2.08. The molecule has 98 valence electrons. The monoisotopic (exact) mass is 248 g/mol. The van der Waals surface area contributed by atoms with E-state index < -0.39 is 0 Å². The van der Waals surface area contributed by atoms with Gasteiger partial charge in [-0.15, -0.1) is 0 Å². The third-order valence-electron chi connectivity index (χ3n) is 3.16. The summed E-state index contributed by atoms with van der Waals surface area (Å²) in [5.41, 5.74) is 1.85. The zero-order valence-corrected chi connectivity index (χ0v) is 11.1. The number of carbonyl (C=O) groups is 1. The summed E-state index contributed by atoms with van der Waals surface area (Å²) in [7, 11) is 1.62. The van der Waals surface area contributed by atoms with Crippen molar-refractivity contribution in [2.24, 2.45) is 5.92 Å². The summed E-state index contributed by atoms with van der Waals surface area (Å²) in [5.74, 6) is 1.41. The summed E-state index contributed by atoms with van der Waals surface area (Å²) in [6, 6.07) is 5.46. The molecule has 0 fully saturated rings. The molecule has 1 atom stereocenters. The van der Waals surface area contributed by atoms with Crippen LogP contribution in [0.15, 0.2) is 18.2 Å². The first-order valence-corrected chi connectivity index (χ1v) is 6.34. The highest BCUT2D eigenvalue weighted by Crippen LogP contribution is 2.33. The topological polar surface area (TPSA) is 50.4 Å². The fraction of sp³-hybridized carbons (Fsp3) is 0.500. The first-order chi connectivity index (χ1) is 8.61. The summed E-state index contributed by atoms with van der Waals surface area (Å²) in [4.78, 5) is 11.9. The third kappa shape index (κ3) is 2.64. The van der Waals surface area contributed by atoms with E-state index in [2.05, 4.69) is 24.5 Å². The van der Waals surface area contributed by atoms with E-state index in [0.29, 0.717) is 5.92 Å². The van der Waals surface area contributed by atoms with E-state index >= 15 is 0 Å². The molecule has 1 aliphatic rings. The number of nitrogens with one attached hydrogen (secondary N) is 2. The lowest BCUT2D eigenvalue weighted by atomic mass is 10.1. The molecule has 0 saturated carbocycles. The van der Waals surface area contributed by atoms with Gasteiger partial charge < -0.3 is 15.4 Å². The van der Waals surface area contributed by atoms with Crippen LogP contribution in [0.3, 0.4) is 0 Å².